The Balaban J connectivity index is 2.18. The monoisotopic (exact) mass is 372 g/mol. The third-order valence-electron chi connectivity index (χ3n) is 3.40. The second-order valence-corrected chi connectivity index (χ2v) is 7.09. The summed E-state index contributed by atoms with van der Waals surface area (Å²) in [6.45, 7) is 3.52. The number of amides is 1. The van der Waals surface area contributed by atoms with E-state index in [0.29, 0.717) is 11.6 Å². The molecular weight excluding hydrogens is 357 g/mol. The lowest BCUT2D eigenvalue weighted by molar-refractivity contribution is -0.137. The highest BCUT2D eigenvalue weighted by Crippen LogP contribution is 2.30. The highest BCUT2D eigenvalue weighted by Gasteiger charge is 2.31. The van der Waals surface area contributed by atoms with Gasteiger partial charge in [-0.25, -0.2) is 8.42 Å². The van der Waals surface area contributed by atoms with Crippen LogP contribution in [0, 0.1) is 13.8 Å². The molecule has 0 saturated heterocycles. The highest BCUT2D eigenvalue weighted by molar-refractivity contribution is 7.89. The van der Waals surface area contributed by atoms with Crippen molar-refractivity contribution in [3.05, 3.63) is 64.7 Å². The highest BCUT2D eigenvalue weighted by atomic mass is 32.2. The summed E-state index contributed by atoms with van der Waals surface area (Å²) in [6, 6.07) is 8.18. The van der Waals surface area contributed by atoms with Gasteiger partial charge in [0.2, 0.25) is 0 Å². The first kappa shape index (κ1) is 18.9. The second kappa shape index (κ2) is 6.85. The maximum Gasteiger partial charge on any atom is 0.416 e. The van der Waals surface area contributed by atoms with Gasteiger partial charge in [-0.2, -0.15) is 13.2 Å². The Morgan fingerprint density at radius 3 is 2.32 bits per heavy atom. The second-order valence-electron chi connectivity index (χ2n) is 5.40. The molecule has 0 aliphatic heterocycles. The average molecular weight is 372 g/mol. The molecule has 0 heterocycles. The summed E-state index contributed by atoms with van der Waals surface area (Å²) in [5, 5.41) is 0. The number of hydrazine groups is 1. The smallest absolute Gasteiger partial charge is 0.273 e. The van der Waals surface area contributed by atoms with Crippen molar-refractivity contribution < 1.29 is 26.4 Å². The Morgan fingerprint density at radius 2 is 1.72 bits per heavy atom. The topological polar surface area (TPSA) is 75.3 Å². The lowest BCUT2D eigenvalue weighted by Crippen LogP contribution is -2.41. The van der Waals surface area contributed by atoms with Crippen molar-refractivity contribution in [3.8, 4) is 0 Å². The first-order valence-corrected chi connectivity index (χ1v) is 8.56. The number of halogens is 3. The van der Waals surface area contributed by atoms with E-state index in [1.807, 2.05) is 12.3 Å². The van der Waals surface area contributed by atoms with Gasteiger partial charge in [0, 0.05) is 5.56 Å². The number of sulfonamides is 1. The van der Waals surface area contributed by atoms with E-state index in [0.717, 1.165) is 23.8 Å². The zero-order chi connectivity index (χ0) is 18.8. The number of benzene rings is 2. The van der Waals surface area contributed by atoms with Crippen LogP contribution in [-0.4, -0.2) is 14.3 Å². The first-order chi connectivity index (χ1) is 11.5. The van der Waals surface area contributed by atoms with Crippen LogP contribution in [0.25, 0.3) is 0 Å². The predicted octanol–water partition coefficient (Wildman–Crippen LogP) is 2.95. The minimum atomic E-state index is -4.67. The van der Waals surface area contributed by atoms with Gasteiger partial charge in [0.15, 0.2) is 0 Å². The van der Waals surface area contributed by atoms with Gasteiger partial charge in [0.05, 0.1) is 10.5 Å². The van der Waals surface area contributed by atoms with Crippen LogP contribution in [0.4, 0.5) is 13.2 Å². The molecule has 25 heavy (non-hydrogen) atoms. The third kappa shape index (κ3) is 4.58. The van der Waals surface area contributed by atoms with Crippen LogP contribution < -0.4 is 10.3 Å². The van der Waals surface area contributed by atoms with Crippen molar-refractivity contribution in [2.45, 2.75) is 24.9 Å². The van der Waals surface area contributed by atoms with E-state index >= 15 is 0 Å². The molecule has 134 valence electrons. The molecule has 2 rings (SSSR count). The number of carbonyl (C=O) groups is 1. The Morgan fingerprint density at radius 1 is 1.04 bits per heavy atom. The predicted molar refractivity (Wildman–Crippen MR) is 85.1 cm³/mol. The van der Waals surface area contributed by atoms with Gasteiger partial charge in [0.25, 0.3) is 15.9 Å². The molecule has 0 aromatic heterocycles. The van der Waals surface area contributed by atoms with Crippen molar-refractivity contribution in [2.75, 3.05) is 0 Å². The lowest BCUT2D eigenvalue weighted by Gasteiger charge is -2.12. The van der Waals surface area contributed by atoms with Gasteiger partial charge < -0.3 is 0 Å². The molecule has 9 heteroatoms. The molecule has 0 atom stereocenters. The first-order valence-electron chi connectivity index (χ1n) is 7.07. The molecule has 2 aromatic carbocycles. The zero-order valence-electron chi connectivity index (χ0n) is 13.3. The van der Waals surface area contributed by atoms with Gasteiger partial charge >= 0.3 is 6.18 Å². The van der Waals surface area contributed by atoms with Crippen molar-refractivity contribution in [3.63, 3.8) is 0 Å². The van der Waals surface area contributed by atoms with E-state index in [9.17, 15) is 26.4 Å². The Hall–Kier alpha value is -2.39. The van der Waals surface area contributed by atoms with Crippen LogP contribution in [0.1, 0.15) is 27.0 Å². The quantitative estimate of drug-likeness (QED) is 0.811. The molecule has 0 unspecified atom stereocenters. The van der Waals surface area contributed by atoms with Crippen LogP contribution in [0.5, 0.6) is 0 Å². The number of carbonyl (C=O) groups excluding carboxylic acids is 1. The molecule has 2 N–H and O–H groups in total. The van der Waals surface area contributed by atoms with Crippen LogP contribution in [0.2, 0.25) is 0 Å². The molecular formula is C16H15F3N2O3S. The SMILES string of the molecule is Cc1ccc(C(=O)NNS(=O)(=O)c2cccc(C(F)(F)F)c2)c(C)c1. The fourth-order valence-corrected chi connectivity index (χ4v) is 3.03. The Kier molecular flexibility index (Phi) is 5.19. The number of aryl methyl sites for hydroxylation is 2. The van der Waals surface area contributed by atoms with E-state index in [-0.39, 0.29) is 5.56 Å². The molecule has 0 aliphatic rings. The van der Waals surface area contributed by atoms with Gasteiger partial charge in [-0.3, -0.25) is 10.2 Å². The molecule has 0 bridgehead atoms. The summed E-state index contributed by atoms with van der Waals surface area (Å²) in [6.07, 6.45) is -4.67. The fourth-order valence-electron chi connectivity index (χ4n) is 2.15. The van der Waals surface area contributed by atoms with Crippen LogP contribution in [-0.2, 0) is 16.2 Å². The summed E-state index contributed by atoms with van der Waals surface area (Å²) in [4.78, 5) is 13.3. The van der Waals surface area contributed by atoms with Crippen molar-refractivity contribution in [1.29, 1.82) is 0 Å². The van der Waals surface area contributed by atoms with E-state index < -0.39 is 32.6 Å². The normalized spacial score (nSPS) is 12.0. The van der Waals surface area contributed by atoms with Crippen molar-refractivity contribution in [1.82, 2.24) is 10.3 Å². The summed E-state index contributed by atoms with van der Waals surface area (Å²) >= 11 is 0. The van der Waals surface area contributed by atoms with E-state index in [2.05, 4.69) is 0 Å². The minimum Gasteiger partial charge on any atom is -0.273 e. The summed E-state index contributed by atoms with van der Waals surface area (Å²) < 4.78 is 62.2. The number of hydrogen-bond acceptors (Lipinski definition) is 3. The van der Waals surface area contributed by atoms with E-state index in [4.69, 9.17) is 0 Å². The molecule has 1 amide bonds. The van der Waals surface area contributed by atoms with Gasteiger partial charge in [-0.15, -0.1) is 4.83 Å². The molecule has 2 aromatic rings. The van der Waals surface area contributed by atoms with Gasteiger partial charge in [-0.1, -0.05) is 23.8 Å². The molecule has 0 aliphatic carbocycles. The maximum atomic E-state index is 12.7. The van der Waals surface area contributed by atoms with Crippen LogP contribution in [0.15, 0.2) is 47.4 Å². The maximum absolute atomic E-state index is 12.7. The summed E-state index contributed by atoms with van der Waals surface area (Å²) in [7, 11) is -4.35. The van der Waals surface area contributed by atoms with Crippen LogP contribution >= 0.6 is 0 Å². The van der Waals surface area contributed by atoms with Gasteiger partial charge in [-0.05, 0) is 43.7 Å². The zero-order valence-corrected chi connectivity index (χ0v) is 14.1. The van der Waals surface area contributed by atoms with Gasteiger partial charge in [0.1, 0.15) is 0 Å². The van der Waals surface area contributed by atoms with Crippen molar-refractivity contribution in [2.24, 2.45) is 0 Å². The molecule has 5 nitrogen and oxygen atoms in total. The Labute approximate surface area is 142 Å². The Bertz CT molecular complexity index is 909. The number of rotatable bonds is 4. The number of hydrogen-bond donors (Lipinski definition) is 2. The summed E-state index contributed by atoms with van der Waals surface area (Å²) in [5.41, 5.74) is 2.71. The minimum absolute atomic E-state index is 0.248. The number of alkyl halides is 3. The van der Waals surface area contributed by atoms with Crippen LogP contribution in [0.3, 0.4) is 0 Å². The average Bonchev–Trinajstić information content (AvgIpc) is 2.52. The number of nitrogens with one attached hydrogen (secondary N) is 2. The van der Waals surface area contributed by atoms with Crippen molar-refractivity contribution >= 4 is 15.9 Å². The molecule has 0 fully saturated rings. The van der Waals surface area contributed by atoms with E-state index in [1.165, 1.54) is 6.07 Å². The lowest BCUT2D eigenvalue weighted by atomic mass is 10.1. The summed E-state index contributed by atoms with van der Waals surface area (Å²) in [5.74, 6) is -0.715. The largest absolute Gasteiger partial charge is 0.416 e. The molecule has 0 spiro atoms. The third-order valence-corrected chi connectivity index (χ3v) is 4.64. The van der Waals surface area contributed by atoms with E-state index in [1.54, 1.807) is 23.9 Å². The molecule has 0 radical (unpaired) electrons. The standard InChI is InChI=1S/C16H15F3N2O3S/c1-10-6-7-14(11(2)8-10)15(22)20-21-25(23,24)13-5-3-4-12(9-13)16(17,18)19/h3-9,21H,1-2H3,(H,20,22). The molecule has 0 saturated carbocycles. The fraction of sp³-hybridized carbons (Fsp3) is 0.188.